The average molecular weight is 316 g/mol. The summed E-state index contributed by atoms with van der Waals surface area (Å²) in [5.74, 6) is 0.620. The lowest BCUT2D eigenvalue weighted by Gasteiger charge is -2.43. The Morgan fingerprint density at radius 2 is 1.71 bits per heavy atom. The molecule has 1 aliphatic carbocycles. The minimum atomic E-state index is -1.39. The fourth-order valence-corrected chi connectivity index (χ4v) is 11.3. The van der Waals surface area contributed by atoms with E-state index in [0.29, 0.717) is 5.92 Å². The predicted molar refractivity (Wildman–Crippen MR) is 99.9 cm³/mol. The summed E-state index contributed by atoms with van der Waals surface area (Å²) in [5, 5.41) is 1.56. The van der Waals surface area contributed by atoms with Crippen LogP contribution in [0, 0.1) is 5.92 Å². The molecule has 1 aromatic carbocycles. The Balaban J connectivity index is 2.44. The summed E-state index contributed by atoms with van der Waals surface area (Å²) < 4.78 is 2.89. The van der Waals surface area contributed by atoms with Gasteiger partial charge in [0.2, 0.25) is 0 Å². The Morgan fingerprint density at radius 1 is 1.10 bits per heavy atom. The van der Waals surface area contributed by atoms with Gasteiger partial charge in [0, 0.05) is 12.1 Å². The lowest BCUT2D eigenvalue weighted by atomic mass is 10.0. The normalized spacial score (nSPS) is 16.7. The Bertz CT molecular complexity index is 538. The molecule has 0 fully saturated rings. The molecule has 1 atom stereocenters. The Labute approximate surface area is 133 Å². The zero-order valence-electron chi connectivity index (χ0n) is 14.4. The van der Waals surface area contributed by atoms with Gasteiger partial charge < -0.3 is 4.23 Å². The van der Waals surface area contributed by atoms with E-state index in [1.54, 1.807) is 16.5 Å². The first-order chi connectivity index (χ1) is 9.82. The maximum Gasteiger partial charge on any atom is 0.160 e. The summed E-state index contributed by atoms with van der Waals surface area (Å²) in [7, 11) is -2.52. The molecule has 0 spiro atoms. The van der Waals surface area contributed by atoms with Gasteiger partial charge in [-0.2, -0.15) is 0 Å². The standard InChI is InChI=1S/C18H29NSi2/c1-15(2)17-13-10-14-18(17)19(21(4,5)6)20(3)16-11-8-7-9-12-16/h7-13,15,20H,14H2,1-6H3. The quantitative estimate of drug-likeness (QED) is 0.734. The van der Waals surface area contributed by atoms with Crippen molar-refractivity contribution >= 4 is 22.4 Å². The van der Waals surface area contributed by atoms with E-state index in [-0.39, 0.29) is 0 Å². The van der Waals surface area contributed by atoms with Crippen molar-refractivity contribution in [1.82, 2.24) is 4.23 Å². The minimum absolute atomic E-state index is 0.620. The van der Waals surface area contributed by atoms with Gasteiger partial charge in [0.05, 0.1) is 0 Å². The van der Waals surface area contributed by atoms with Gasteiger partial charge >= 0.3 is 0 Å². The summed E-state index contributed by atoms with van der Waals surface area (Å²) in [6, 6.07) is 11.1. The highest BCUT2D eigenvalue weighted by Gasteiger charge is 2.33. The number of allylic oxidation sites excluding steroid dienone is 3. The third kappa shape index (κ3) is 3.58. The van der Waals surface area contributed by atoms with Crippen LogP contribution in [-0.4, -0.2) is 21.4 Å². The van der Waals surface area contributed by atoms with Crippen LogP contribution in [0.25, 0.3) is 0 Å². The van der Waals surface area contributed by atoms with Crippen molar-refractivity contribution in [2.24, 2.45) is 5.92 Å². The van der Waals surface area contributed by atoms with Crippen molar-refractivity contribution in [3.05, 3.63) is 53.8 Å². The smallest absolute Gasteiger partial charge is 0.160 e. The summed E-state index contributed by atoms with van der Waals surface area (Å²) in [5.41, 5.74) is 3.18. The van der Waals surface area contributed by atoms with Gasteiger partial charge in [-0.1, -0.05) is 82.5 Å². The fraction of sp³-hybridized carbons (Fsp3) is 0.444. The van der Waals surface area contributed by atoms with Gasteiger partial charge in [0.25, 0.3) is 0 Å². The van der Waals surface area contributed by atoms with Crippen molar-refractivity contribution in [3.63, 3.8) is 0 Å². The van der Waals surface area contributed by atoms with Gasteiger partial charge in [-0.05, 0) is 16.7 Å². The van der Waals surface area contributed by atoms with E-state index < -0.39 is 17.2 Å². The van der Waals surface area contributed by atoms with Crippen LogP contribution < -0.4 is 5.19 Å². The Morgan fingerprint density at radius 3 is 2.24 bits per heavy atom. The number of rotatable bonds is 5. The van der Waals surface area contributed by atoms with Gasteiger partial charge in [0.15, 0.2) is 8.96 Å². The second-order valence-electron chi connectivity index (χ2n) is 7.29. The summed E-state index contributed by atoms with van der Waals surface area (Å²) in [4.78, 5) is 0. The van der Waals surface area contributed by atoms with Gasteiger partial charge in [-0.3, -0.25) is 0 Å². The van der Waals surface area contributed by atoms with Crippen LogP contribution in [0.4, 0.5) is 0 Å². The molecule has 0 amide bonds. The average Bonchev–Trinajstić information content (AvgIpc) is 2.87. The van der Waals surface area contributed by atoms with E-state index in [1.807, 2.05) is 0 Å². The van der Waals surface area contributed by atoms with Gasteiger partial charge in [-0.15, -0.1) is 0 Å². The molecule has 114 valence electrons. The third-order valence-corrected chi connectivity index (χ3v) is 11.9. The number of benzene rings is 1. The first kappa shape index (κ1) is 16.3. The van der Waals surface area contributed by atoms with Crippen LogP contribution in [-0.2, 0) is 0 Å². The molecule has 1 nitrogen and oxygen atoms in total. The molecule has 1 unspecified atom stereocenters. The second-order valence-corrected chi connectivity index (χ2v) is 15.2. The van der Waals surface area contributed by atoms with Crippen LogP contribution in [0.1, 0.15) is 20.3 Å². The van der Waals surface area contributed by atoms with Crippen molar-refractivity contribution in [2.75, 3.05) is 0 Å². The van der Waals surface area contributed by atoms with E-state index >= 15 is 0 Å². The summed E-state index contributed by atoms with van der Waals surface area (Å²) in [6.45, 7) is 14.6. The highest BCUT2D eigenvalue weighted by atomic mass is 28.4. The molecule has 1 aromatic rings. The van der Waals surface area contributed by atoms with Crippen LogP contribution in [0.2, 0.25) is 26.2 Å². The fourth-order valence-electron chi connectivity index (χ4n) is 3.37. The molecule has 0 saturated heterocycles. The molecule has 0 radical (unpaired) electrons. The SMILES string of the molecule is CC(C)C1=C(N([SiH](C)c2ccccc2)[Si](C)(C)C)CC=C1. The molecular weight excluding hydrogens is 286 g/mol. The van der Waals surface area contributed by atoms with Crippen molar-refractivity contribution in [3.8, 4) is 0 Å². The highest BCUT2D eigenvalue weighted by molar-refractivity contribution is 6.87. The zero-order chi connectivity index (χ0) is 15.6. The van der Waals surface area contributed by atoms with Crippen LogP contribution >= 0.6 is 0 Å². The molecule has 3 heteroatoms. The first-order valence-corrected chi connectivity index (χ1v) is 13.8. The van der Waals surface area contributed by atoms with E-state index in [1.165, 1.54) is 0 Å². The van der Waals surface area contributed by atoms with Crippen LogP contribution in [0.5, 0.6) is 0 Å². The zero-order valence-corrected chi connectivity index (χ0v) is 16.5. The van der Waals surface area contributed by atoms with Crippen molar-refractivity contribution in [2.45, 2.75) is 46.5 Å². The maximum atomic E-state index is 2.89. The largest absolute Gasteiger partial charge is 0.426 e. The third-order valence-electron chi connectivity index (χ3n) is 4.25. The lowest BCUT2D eigenvalue weighted by molar-refractivity contribution is 0.701. The van der Waals surface area contributed by atoms with E-state index in [9.17, 15) is 0 Å². The molecular formula is C18H29NSi2. The number of nitrogens with zero attached hydrogens (tertiary/aromatic N) is 1. The molecule has 2 rings (SSSR count). The van der Waals surface area contributed by atoms with E-state index in [4.69, 9.17) is 0 Å². The van der Waals surface area contributed by atoms with Gasteiger partial charge in [0.1, 0.15) is 8.24 Å². The Hall–Kier alpha value is -1.07. The second kappa shape index (κ2) is 6.36. The molecule has 0 aromatic heterocycles. The number of hydrogen-bond acceptors (Lipinski definition) is 1. The molecule has 0 aliphatic heterocycles. The van der Waals surface area contributed by atoms with Crippen LogP contribution in [0.15, 0.2) is 53.8 Å². The highest BCUT2D eigenvalue weighted by Crippen LogP contribution is 2.32. The number of hydrogen-bond donors (Lipinski definition) is 0. The van der Waals surface area contributed by atoms with Crippen LogP contribution in [0.3, 0.4) is 0 Å². The maximum absolute atomic E-state index is 2.89. The Kier molecular flexibility index (Phi) is 4.94. The lowest BCUT2D eigenvalue weighted by Crippen LogP contribution is -2.57. The molecule has 21 heavy (non-hydrogen) atoms. The molecule has 0 heterocycles. The monoisotopic (exact) mass is 315 g/mol. The predicted octanol–water partition coefficient (Wildman–Crippen LogP) is 4.25. The summed E-state index contributed by atoms with van der Waals surface area (Å²) >= 11 is 0. The molecule has 0 N–H and O–H groups in total. The van der Waals surface area contributed by atoms with Crippen molar-refractivity contribution in [1.29, 1.82) is 0 Å². The van der Waals surface area contributed by atoms with E-state index in [2.05, 4.69) is 86.8 Å². The molecule has 0 bridgehead atoms. The molecule has 1 aliphatic rings. The topological polar surface area (TPSA) is 3.24 Å². The van der Waals surface area contributed by atoms with Crippen molar-refractivity contribution < 1.29 is 0 Å². The molecule has 0 saturated carbocycles. The first-order valence-electron chi connectivity index (χ1n) is 8.06. The van der Waals surface area contributed by atoms with E-state index in [0.717, 1.165) is 6.42 Å². The summed E-state index contributed by atoms with van der Waals surface area (Å²) in [6.07, 6.45) is 5.84. The van der Waals surface area contributed by atoms with Gasteiger partial charge in [-0.25, -0.2) is 0 Å². The minimum Gasteiger partial charge on any atom is -0.426 e.